The summed E-state index contributed by atoms with van der Waals surface area (Å²) in [6.45, 7) is 5.00. The van der Waals surface area contributed by atoms with Gasteiger partial charge in [0, 0.05) is 63.0 Å². The highest BCUT2D eigenvalue weighted by Crippen LogP contribution is 2.41. The molecule has 2 aliphatic rings. The van der Waals surface area contributed by atoms with Crippen LogP contribution in [0.25, 0.3) is 0 Å². The average Bonchev–Trinajstić information content (AvgIpc) is 2.74. The maximum atomic E-state index is 12.4. The molecule has 6 nitrogen and oxygen atoms in total. The highest BCUT2D eigenvalue weighted by molar-refractivity contribution is 5.96. The van der Waals surface area contributed by atoms with E-state index in [0.717, 1.165) is 61.1 Å². The number of anilines is 2. The molecule has 0 aromatic heterocycles. The van der Waals surface area contributed by atoms with Crippen LogP contribution in [0.15, 0.2) is 42.5 Å². The Morgan fingerprint density at radius 3 is 2.72 bits per heavy atom. The maximum absolute atomic E-state index is 12.4. The van der Waals surface area contributed by atoms with Gasteiger partial charge in [-0.3, -0.25) is 9.69 Å². The normalized spacial score (nSPS) is 19.4. The third-order valence-electron chi connectivity index (χ3n) is 5.66. The fourth-order valence-corrected chi connectivity index (χ4v) is 4.02. The molecule has 1 atom stereocenters. The summed E-state index contributed by atoms with van der Waals surface area (Å²) in [7, 11) is 4.00. The number of ether oxygens (including phenoxy) is 2. The highest BCUT2D eigenvalue weighted by Gasteiger charge is 2.29. The Bertz CT molecular complexity index is 862. The van der Waals surface area contributed by atoms with Crippen molar-refractivity contribution in [3.8, 4) is 5.75 Å². The van der Waals surface area contributed by atoms with E-state index in [1.165, 1.54) is 0 Å². The first-order chi connectivity index (χ1) is 14.1. The summed E-state index contributed by atoms with van der Waals surface area (Å²) < 4.78 is 11.6. The van der Waals surface area contributed by atoms with Crippen LogP contribution < -0.4 is 15.0 Å². The van der Waals surface area contributed by atoms with Gasteiger partial charge in [0.05, 0.1) is 13.2 Å². The van der Waals surface area contributed by atoms with E-state index in [1.807, 2.05) is 43.3 Å². The minimum Gasteiger partial charge on any atom is -0.492 e. The summed E-state index contributed by atoms with van der Waals surface area (Å²) in [6.07, 6.45) is 0.429. The van der Waals surface area contributed by atoms with Gasteiger partial charge < -0.3 is 19.7 Å². The van der Waals surface area contributed by atoms with Crippen LogP contribution in [0.4, 0.5) is 11.4 Å². The Labute approximate surface area is 172 Å². The summed E-state index contributed by atoms with van der Waals surface area (Å²) in [5.74, 6) is 0.902. The quantitative estimate of drug-likeness (QED) is 0.815. The number of carbonyl (C=O) groups is 1. The van der Waals surface area contributed by atoms with E-state index in [0.29, 0.717) is 13.0 Å². The number of nitrogens with zero attached hydrogens (tertiary/aromatic N) is 2. The molecule has 2 aromatic carbocycles. The molecular weight excluding hydrogens is 366 g/mol. The van der Waals surface area contributed by atoms with Crippen LogP contribution >= 0.6 is 0 Å². The largest absolute Gasteiger partial charge is 0.492 e. The van der Waals surface area contributed by atoms with E-state index in [2.05, 4.69) is 28.4 Å². The Hall–Kier alpha value is -2.57. The van der Waals surface area contributed by atoms with Crippen molar-refractivity contribution in [2.45, 2.75) is 12.3 Å². The molecular formula is C23H29N3O3. The molecule has 0 spiro atoms. The summed E-state index contributed by atoms with van der Waals surface area (Å²) in [5.41, 5.74) is 4.17. The topological polar surface area (TPSA) is 54.0 Å². The number of carbonyl (C=O) groups excluding carboxylic acids is 1. The molecule has 2 aromatic rings. The average molecular weight is 396 g/mol. The van der Waals surface area contributed by atoms with Crippen molar-refractivity contribution in [3.05, 3.63) is 53.6 Å². The Balaban J connectivity index is 1.55. The summed E-state index contributed by atoms with van der Waals surface area (Å²) >= 11 is 0. The van der Waals surface area contributed by atoms with Crippen molar-refractivity contribution < 1.29 is 14.3 Å². The van der Waals surface area contributed by atoms with Crippen molar-refractivity contribution in [2.24, 2.45) is 0 Å². The van der Waals surface area contributed by atoms with Crippen LogP contribution in [0, 0.1) is 0 Å². The van der Waals surface area contributed by atoms with Gasteiger partial charge in [-0.2, -0.15) is 0 Å². The van der Waals surface area contributed by atoms with Crippen LogP contribution in [0.5, 0.6) is 5.75 Å². The van der Waals surface area contributed by atoms with Gasteiger partial charge in [-0.15, -0.1) is 0 Å². The van der Waals surface area contributed by atoms with Gasteiger partial charge in [0.2, 0.25) is 5.91 Å². The second kappa shape index (κ2) is 8.84. The number of amides is 1. The summed E-state index contributed by atoms with van der Waals surface area (Å²) in [5, 5.41) is 3.04. The molecule has 1 unspecified atom stereocenters. The van der Waals surface area contributed by atoms with Crippen molar-refractivity contribution >= 4 is 17.3 Å². The molecule has 6 heteroatoms. The standard InChI is InChI=1S/C23H29N3O3/c1-25(2)17-7-8-18-20(16-23(27)24-21(18)15-17)19-5-3-4-6-22(19)29-14-11-26-9-12-28-13-10-26/h3-8,15,20H,9-14,16H2,1-2H3,(H,24,27). The zero-order valence-corrected chi connectivity index (χ0v) is 17.2. The second-order valence-corrected chi connectivity index (χ2v) is 7.81. The van der Waals surface area contributed by atoms with E-state index in [9.17, 15) is 4.79 Å². The first-order valence-corrected chi connectivity index (χ1v) is 10.2. The third kappa shape index (κ3) is 4.54. The zero-order chi connectivity index (χ0) is 20.2. The smallest absolute Gasteiger partial charge is 0.225 e. The molecule has 2 heterocycles. The van der Waals surface area contributed by atoms with Crippen molar-refractivity contribution in [2.75, 3.05) is 63.8 Å². The Kier molecular flexibility index (Phi) is 6.02. The van der Waals surface area contributed by atoms with Crippen molar-refractivity contribution in [3.63, 3.8) is 0 Å². The Morgan fingerprint density at radius 1 is 1.14 bits per heavy atom. The minimum absolute atomic E-state index is 0.00505. The predicted molar refractivity (Wildman–Crippen MR) is 115 cm³/mol. The lowest BCUT2D eigenvalue weighted by molar-refractivity contribution is -0.116. The molecule has 0 bridgehead atoms. The first-order valence-electron chi connectivity index (χ1n) is 10.2. The number of nitrogens with one attached hydrogen (secondary N) is 1. The molecule has 0 aliphatic carbocycles. The molecule has 2 aliphatic heterocycles. The van der Waals surface area contributed by atoms with E-state index in [4.69, 9.17) is 9.47 Å². The van der Waals surface area contributed by atoms with E-state index in [1.54, 1.807) is 0 Å². The van der Waals surface area contributed by atoms with Gasteiger partial charge in [-0.1, -0.05) is 24.3 Å². The minimum atomic E-state index is -0.00505. The van der Waals surface area contributed by atoms with Gasteiger partial charge in [0.25, 0.3) is 0 Å². The maximum Gasteiger partial charge on any atom is 0.225 e. The van der Waals surface area contributed by atoms with Gasteiger partial charge in [0.15, 0.2) is 0 Å². The lowest BCUT2D eigenvalue weighted by Crippen LogP contribution is -2.38. The molecule has 4 rings (SSSR count). The van der Waals surface area contributed by atoms with Crippen LogP contribution in [-0.2, 0) is 9.53 Å². The van der Waals surface area contributed by atoms with Crippen LogP contribution in [0.1, 0.15) is 23.5 Å². The number of para-hydroxylation sites is 1. The SMILES string of the molecule is CN(C)c1ccc2c(c1)NC(=O)CC2c1ccccc1OCCN1CCOCC1. The molecule has 1 N–H and O–H groups in total. The molecule has 1 saturated heterocycles. The number of rotatable bonds is 6. The number of morpholine rings is 1. The monoisotopic (exact) mass is 395 g/mol. The number of hydrogen-bond donors (Lipinski definition) is 1. The van der Waals surface area contributed by atoms with Crippen LogP contribution in [0.3, 0.4) is 0 Å². The summed E-state index contributed by atoms with van der Waals surface area (Å²) in [4.78, 5) is 16.8. The molecule has 1 amide bonds. The first kappa shape index (κ1) is 19.7. The molecule has 0 saturated carbocycles. The van der Waals surface area contributed by atoms with Crippen LogP contribution in [0.2, 0.25) is 0 Å². The van der Waals surface area contributed by atoms with Gasteiger partial charge in [-0.05, 0) is 23.8 Å². The summed E-state index contributed by atoms with van der Waals surface area (Å²) in [6, 6.07) is 14.4. The predicted octanol–water partition coefficient (Wildman–Crippen LogP) is 2.94. The van der Waals surface area contributed by atoms with E-state index < -0.39 is 0 Å². The molecule has 154 valence electrons. The molecule has 1 fully saturated rings. The van der Waals surface area contributed by atoms with Gasteiger partial charge >= 0.3 is 0 Å². The fraction of sp³-hybridized carbons (Fsp3) is 0.435. The van der Waals surface area contributed by atoms with E-state index >= 15 is 0 Å². The molecule has 29 heavy (non-hydrogen) atoms. The third-order valence-corrected chi connectivity index (χ3v) is 5.66. The lowest BCUT2D eigenvalue weighted by atomic mass is 9.84. The number of benzene rings is 2. The number of fused-ring (bicyclic) bond motifs is 1. The van der Waals surface area contributed by atoms with Crippen molar-refractivity contribution in [1.29, 1.82) is 0 Å². The van der Waals surface area contributed by atoms with Crippen molar-refractivity contribution in [1.82, 2.24) is 4.90 Å². The van der Waals surface area contributed by atoms with Gasteiger partial charge in [0.1, 0.15) is 12.4 Å². The fourth-order valence-electron chi connectivity index (χ4n) is 4.02. The van der Waals surface area contributed by atoms with E-state index in [-0.39, 0.29) is 11.8 Å². The number of hydrogen-bond acceptors (Lipinski definition) is 5. The lowest BCUT2D eigenvalue weighted by Gasteiger charge is -2.29. The van der Waals surface area contributed by atoms with Crippen LogP contribution in [-0.4, -0.2) is 64.4 Å². The van der Waals surface area contributed by atoms with Gasteiger partial charge in [-0.25, -0.2) is 0 Å². The molecule has 0 radical (unpaired) electrons. The second-order valence-electron chi connectivity index (χ2n) is 7.81. The zero-order valence-electron chi connectivity index (χ0n) is 17.2. The highest BCUT2D eigenvalue weighted by atomic mass is 16.5. The Morgan fingerprint density at radius 2 is 1.93 bits per heavy atom.